The van der Waals surface area contributed by atoms with Gasteiger partial charge >= 0.3 is 6.03 Å². The first-order chi connectivity index (χ1) is 10.1. The standard InChI is InChI=1S/C17H17ClN2O/c1-11-6-5-9-15(18)16(11)19-17(21)20-10-13-7-3-4-8-14(13)12(20)2/h3-9,12H,10H2,1-2H3,(H,19,21)/t12-/m0/s1. The van der Waals surface area contributed by atoms with Crippen molar-refractivity contribution in [3.05, 3.63) is 64.2 Å². The van der Waals surface area contributed by atoms with Gasteiger partial charge in [0.1, 0.15) is 0 Å². The lowest BCUT2D eigenvalue weighted by Crippen LogP contribution is -2.32. The van der Waals surface area contributed by atoms with Crippen molar-refractivity contribution in [1.29, 1.82) is 0 Å². The Morgan fingerprint density at radius 3 is 2.71 bits per heavy atom. The van der Waals surface area contributed by atoms with Crippen LogP contribution in [-0.4, -0.2) is 10.9 Å². The largest absolute Gasteiger partial charge is 0.322 e. The Balaban J connectivity index is 1.82. The molecular weight excluding hydrogens is 284 g/mol. The number of anilines is 1. The molecule has 1 heterocycles. The Morgan fingerprint density at radius 1 is 1.24 bits per heavy atom. The number of carbonyl (C=O) groups excluding carboxylic acids is 1. The second-order valence-corrected chi connectivity index (χ2v) is 5.77. The number of nitrogens with one attached hydrogen (secondary N) is 1. The van der Waals surface area contributed by atoms with Crippen molar-refractivity contribution in [2.75, 3.05) is 5.32 Å². The van der Waals surface area contributed by atoms with Crippen molar-refractivity contribution in [2.24, 2.45) is 0 Å². The van der Waals surface area contributed by atoms with Gasteiger partial charge in [0.25, 0.3) is 0 Å². The van der Waals surface area contributed by atoms with Crippen molar-refractivity contribution in [3.63, 3.8) is 0 Å². The number of urea groups is 1. The molecule has 0 spiro atoms. The van der Waals surface area contributed by atoms with Crippen molar-refractivity contribution in [2.45, 2.75) is 26.4 Å². The van der Waals surface area contributed by atoms with Gasteiger partial charge in [-0.1, -0.05) is 48.0 Å². The number of hydrogen-bond acceptors (Lipinski definition) is 1. The van der Waals surface area contributed by atoms with Crippen LogP contribution in [0.5, 0.6) is 0 Å². The predicted molar refractivity (Wildman–Crippen MR) is 85.6 cm³/mol. The van der Waals surface area contributed by atoms with E-state index in [0.717, 1.165) is 5.56 Å². The predicted octanol–water partition coefficient (Wildman–Crippen LogP) is 4.76. The fraction of sp³-hybridized carbons (Fsp3) is 0.235. The molecule has 0 fully saturated rings. The van der Waals surface area contributed by atoms with Crippen LogP contribution in [0.2, 0.25) is 5.02 Å². The summed E-state index contributed by atoms with van der Waals surface area (Å²) in [5.41, 5.74) is 4.06. The maximum atomic E-state index is 12.6. The van der Waals surface area contributed by atoms with E-state index in [1.807, 2.05) is 43.0 Å². The fourth-order valence-electron chi connectivity index (χ4n) is 2.79. The van der Waals surface area contributed by atoms with Gasteiger partial charge < -0.3 is 10.2 Å². The first-order valence-electron chi connectivity index (χ1n) is 6.98. The van der Waals surface area contributed by atoms with E-state index in [9.17, 15) is 4.79 Å². The maximum absolute atomic E-state index is 12.6. The molecule has 0 radical (unpaired) electrons. The fourth-order valence-corrected chi connectivity index (χ4v) is 3.06. The van der Waals surface area contributed by atoms with E-state index in [1.165, 1.54) is 11.1 Å². The quantitative estimate of drug-likeness (QED) is 0.809. The molecule has 1 N–H and O–H groups in total. The van der Waals surface area contributed by atoms with E-state index in [2.05, 4.69) is 17.4 Å². The highest BCUT2D eigenvalue weighted by atomic mass is 35.5. The van der Waals surface area contributed by atoms with Crippen LogP contribution in [0.3, 0.4) is 0 Å². The average Bonchev–Trinajstić information content (AvgIpc) is 2.81. The van der Waals surface area contributed by atoms with Crippen LogP contribution in [0.15, 0.2) is 42.5 Å². The van der Waals surface area contributed by atoms with Gasteiger partial charge in [-0.25, -0.2) is 4.79 Å². The number of amides is 2. The van der Waals surface area contributed by atoms with Crippen LogP contribution in [0.25, 0.3) is 0 Å². The topological polar surface area (TPSA) is 32.3 Å². The number of carbonyl (C=O) groups is 1. The molecule has 108 valence electrons. The second-order valence-electron chi connectivity index (χ2n) is 5.36. The lowest BCUT2D eigenvalue weighted by atomic mass is 10.1. The number of halogens is 1. The maximum Gasteiger partial charge on any atom is 0.322 e. The first kappa shape index (κ1) is 14.0. The van der Waals surface area contributed by atoms with Gasteiger partial charge in [-0.2, -0.15) is 0 Å². The number of rotatable bonds is 1. The third-order valence-corrected chi connectivity index (χ3v) is 4.34. The second kappa shape index (κ2) is 5.41. The van der Waals surface area contributed by atoms with Crippen molar-refractivity contribution >= 4 is 23.3 Å². The van der Waals surface area contributed by atoms with Gasteiger partial charge in [-0.3, -0.25) is 0 Å². The molecule has 0 bridgehead atoms. The minimum atomic E-state index is -0.116. The minimum Gasteiger partial charge on any atom is -0.313 e. The van der Waals surface area contributed by atoms with Crippen LogP contribution in [-0.2, 0) is 6.54 Å². The van der Waals surface area contributed by atoms with E-state index in [0.29, 0.717) is 17.3 Å². The van der Waals surface area contributed by atoms with Crippen LogP contribution in [0, 0.1) is 6.92 Å². The molecule has 1 aliphatic heterocycles. The monoisotopic (exact) mass is 300 g/mol. The number of hydrogen-bond donors (Lipinski definition) is 1. The van der Waals surface area contributed by atoms with Gasteiger partial charge in [0, 0.05) is 6.54 Å². The van der Waals surface area contributed by atoms with Crippen molar-refractivity contribution in [1.82, 2.24) is 4.90 Å². The van der Waals surface area contributed by atoms with E-state index >= 15 is 0 Å². The lowest BCUT2D eigenvalue weighted by Gasteiger charge is -2.23. The molecule has 2 aromatic carbocycles. The van der Waals surface area contributed by atoms with E-state index in [-0.39, 0.29) is 12.1 Å². The summed E-state index contributed by atoms with van der Waals surface area (Å²) in [7, 11) is 0. The summed E-state index contributed by atoms with van der Waals surface area (Å²) in [6.07, 6.45) is 0. The highest BCUT2D eigenvalue weighted by Crippen LogP contribution is 2.34. The molecule has 1 atom stereocenters. The molecular formula is C17H17ClN2O. The highest BCUT2D eigenvalue weighted by molar-refractivity contribution is 6.33. The van der Waals surface area contributed by atoms with Crippen molar-refractivity contribution < 1.29 is 4.79 Å². The summed E-state index contributed by atoms with van der Waals surface area (Å²) in [4.78, 5) is 14.4. The molecule has 0 unspecified atom stereocenters. The highest BCUT2D eigenvalue weighted by Gasteiger charge is 2.30. The van der Waals surface area contributed by atoms with Gasteiger partial charge in [0.2, 0.25) is 0 Å². The van der Waals surface area contributed by atoms with Crippen LogP contribution >= 0.6 is 11.6 Å². The molecule has 0 aromatic heterocycles. The van der Waals surface area contributed by atoms with Gasteiger partial charge in [-0.05, 0) is 36.6 Å². The van der Waals surface area contributed by atoms with E-state index in [1.54, 1.807) is 6.07 Å². The Morgan fingerprint density at radius 2 is 2.00 bits per heavy atom. The lowest BCUT2D eigenvalue weighted by molar-refractivity contribution is 0.199. The Labute approximate surface area is 129 Å². The van der Waals surface area contributed by atoms with E-state index < -0.39 is 0 Å². The summed E-state index contributed by atoms with van der Waals surface area (Å²) in [5, 5.41) is 3.50. The summed E-state index contributed by atoms with van der Waals surface area (Å²) >= 11 is 6.17. The first-order valence-corrected chi connectivity index (χ1v) is 7.36. The van der Waals surface area contributed by atoms with Gasteiger partial charge in [0.05, 0.1) is 16.8 Å². The number of nitrogens with zero attached hydrogens (tertiary/aromatic N) is 1. The van der Waals surface area contributed by atoms with Gasteiger partial charge in [0.15, 0.2) is 0 Å². The normalized spacial score (nSPS) is 16.7. The summed E-state index contributed by atoms with van der Waals surface area (Å²) in [6.45, 7) is 4.61. The molecule has 2 amide bonds. The molecule has 3 nitrogen and oxygen atoms in total. The molecule has 21 heavy (non-hydrogen) atoms. The van der Waals surface area contributed by atoms with E-state index in [4.69, 9.17) is 11.6 Å². The molecule has 1 aliphatic rings. The summed E-state index contributed by atoms with van der Waals surface area (Å²) < 4.78 is 0. The van der Waals surface area contributed by atoms with Gasteiger partial charge in [-0.15, -0.1) is 0 Å². The Hall–Kier alpha value is -2.00. The molecule has 2 aromatic rings. The smallest absolute Gasteiger partial charge is 0.313 e. The SMILES string of the molecule is Cc1cccc(Cl)c1NC(=O)N1Cc2ccccc2[C@@H]1C. The zero-order chi connectivity index (χ0) is 15.0. The molecule has 0 aliphatic carbocycles. The number of aryl methyl sites for hydroxylation is 1. The zero-order valence-electron chi connectivity index (χ0n) is 12.1. The van der Waals surface area contributed by atoms with Crippen LogP contribution in [0.1, 0.15) is 29.7 Å². The minimum absolute atomic E-state index is 0.0731. The average molecular weight is 301 g/mol. The molecule has 3 rings (SSSR count). The third-order valence-electron chi connectivity index (χ3n) is 4.03. The zero-order valence-corrected chi connectivity index (χ0v) is 12.8. The van der Waals surface area contributed by atoms with Crippen LogP contribution in [0.4, 0.5) is 10.5 Å². The Kier molecular flexibility index (Phi) is 3.60. The summed E-state index contributed by atoms with van der Waals surface area (Å²) in [5.74, 6) is 0. The molecule has 0 saturated carbocycles. The Bertz CT molecular complexity index is 679. The summed E-state index contributed by atoms with van der Waals surface area (Å²) in [6, 6.07) is 13.7. The molecule has 4 heteroatoms. The number of benzene rings is 2. The van der Waals surface area contributed by atoms with Crippen LogP contribution < -0.4 is 5.32 Å². The number of para-hydroxylation sites is 1. The molecule has 0 saturated heterocycles. The van der Waals surface area contributed by atoms with Crippen molar-refractivity contribution in [3.8, 4) is 0 Å². The third kappa shape index (κ3) is 2.49. The number of fused-ring (bicyclic) bond motifs is 1.